The van der Waals surface area contributed by atoms with Gasteiger partial charge in [-0.25, -0.2) is 27.6 Å². The van der Waals surface area contributed by atoms with Crippen LogP contribution in [0.15, 0.2) is 73.6 Å². The van der Waals surface area contributed by atoms with Gasteiger partial charge in [-0.3, -0.25) is 14.2 Å². The summed E-state index contributed by atoms with van der Waals surface area (Å²) in [5, 5.41) is 29.0. The average Bonchev–Trinajstić information content (AvgIpc) is 3.70. The van der Waals surface area contributed by atoms with Crippen molar-refractivity contribution in [2.45, 2.75) is 53.7 Å². The number of rotatable bonds is 11. The largest absolute Gasteiger partial charge is 0.478 e. The van der Waals surface area contributed by atoms with E-state index in [0.717, 1.165) is 35.1 Å². The average molecular weight is 770 g/mol. The number of carboxylic acid groups (broad SMARTS) is 1. The second kappa shape index (κ2) is 12.9. The van der Waals surface area contributed by atoms with Gasteiger partial charge in [0, 0.05) is 17.9 Å². The van der Waals surface area contributed by atoms with Crippen molar-refractivity contribution >= 4 is 65.0 Å². The molecule has 5 aromatic rings. The molecule has 0 bridgehead atoms. The molecular weight excluding hydrogens is 742 g/mol. The highest BCUT2D eigenvalue weighted by Crippen LogP contribution is 2.37. The molecule has 0 radical (unpaired) electrons. The Morgan fingerprint density at radius 2 is 1.72 bits per heavy atom. The Balaban J connectivity index is 1.53. The first kappa shape index (κ1) is 36.7. The van der Waals surface area contributed by atoms with Crippen LogP contribution in [0.25, 0.3) is 11.3 Å². The van der Waals surface area contributed by atoms with Gasteiger partial charge in [0.2, 0.25) is 15.7 Å². The van der Waals surface area contributed by atoms with E-state index in [1.54, 1.807) is 6.92 Å². The molecule has 3 heterocycles. The molecule has 23 heteroatoms. The number of hydrogen-bond donors (Lipinski definition) is 5. The van der Waals surface area contributed by atoms with E-state index >= 15 is 0 Å². The summed E-state index contributed by atoms with van der Waals surface area (Å²) in [6, 6.07) is 7.15. The highest BCUT2D eigenvalue weighted by Gasteiger charge is 2.28. The third-order valence-corrected chi connectivity index (χ3v) is 10.6. The zero-order valence-corrected chi connectivity index (χ0v) is 29.5. The Kier molecular flexibility index (Phi) is 9.50. The van der Waals surface area contributed by atoms with Gasteiger partial charge >= 0.3 is 5.97 Å². The van der Waals surface area contributed by atoms with Crippen molar-refractivity contribution in [2.75, 3.05) is 6.54 Å². The second-order valence-electron chi connectivity index (χ2n) is 11.9. The topological polar surface area (TPSA) is 281 Å². The molecule has 0 saturated carbocycles. The number of azo groups is 1. The van der Waals surface area contributed by atoms with E-state index in [2.05, 4.69) is 35.2 Å². The van der Waals surface area contributed by atoms with Gasteiger partial charge in [0.05, 0.1) is 32.9 Å². The summed E-state index contributed by atoms with van der Waals surface area (Å²) in [5.41, 5.74) is -0.517. The summed E-state index contributed by atoms with van der Waals surface area (Å²) < 4.78 is 97.6. The highest BCUT2D eigenvalue weighted by molar-refractivity contribution is 7.89. The molecule has 0 fully saturated rings. The smallest absolute Gasteiger partial charge is 0.335 e. The number of nitrogens with zero attached hydrogens (tertiary/aromatic N) is 7. The quantitative estimate of drug-likeness (QED) is 0.0943. The predicted octanol–water partition coefficient (Wildman–Crippen LogP) is 3.88. The molecule has 2 aromatic carbocycles. The number of halogens is 1. The Labute approximate surface area is 289 Å². The van der Waals surface area contributed by atoms with Gasteiger partial charge in [-0.2, -0.15) is 26.6 Å². The van der Waals surface area contributed by atoms with E-state index in [1.165, 1.54) is 22.8 Å². The van der Waals surface area contributed by atoms with Gasteiger partial charge < -0.3 is 5.11 Å². The second-order valence-corrected chi connectivity index (χ2v) is 16.9. The molecule has 266 valence electrons. The minimum Gasteiger partial charge on any atom is -0.478 e. The van der Waals surface area contributed by atoms with Crippen molar-refractivity contribution in [3.63, 3.8) is 0 Å². The Morgan fingerprint density at radius 3 is 2.34 bits per heavy atom. The van der Waals surface area contributed by atoms with Crippen molar-refractivity contribution < 1.29 is 44.3 Å². The van der Waals surface area contributed by atoms with Crippen LogP contribution in [-0.2, 0) is 35.7 Å². The minimum absolute atomic E-state index is 0.153. The molecule has 50 heavy (non-hydrogen) atoms. The number of H-pyrrole nitrogens is 1. The van der Waals surface area contributed by atoms with Crippen molar-refractivity contribution in [1.82, 2.24) is 34.3 Å². The Morgan fingerprint density at radius 1 is 1.02 bits per heavy atom. The summed E-state index contributed by atoms with van der Waals surface area (Å²) in [5.74, 6) is -1.99. The van der Waals surface area contributed by atoms with E-state index < -0.39 is 63.0 Å². The fraction of sp³-hybridized carbons (Fsp3) is 0.259. The van der Waals surface area contributed by atoms with Gasteiger partial charge in [0.15, 0.2) is 17.3 Å². The fourth-order valence-electron chi connectivity index (χ4n) is 4.59. The monoisotopic (exact) mass is 769 g/mol. The van der Waals surface area contributed by atoms with E-state index in [0.29, 0.717) is 5.69 Å². The highest BCUT2D eigenvalue weighted by atomic mass is 35.5. The molecule has 5 N–H and O–H groups in total. The molecule has 0 spiro atoms. The lowest BCUT2D eigenvalue weighted by atomic mass is 9.91. The van der Waals surface area contributed by atoms with Crippen molar-refractivity contribution in [2.24, 2.45) is 10.2 Å². The van der Waals surface area contributed by atoms with Crippen molar-refractivity contribution in [1.29, 1.82) is 0 Å². The lowest BCUT2D eigenvalue weighted by Crippen LogP contribution is -2.28. The predicted molar refractivity (Wildman–Crippen MR) is 175 cm³/mol. The van der Waals surface area contributed by atoms with Gasteiger partial charge in [-0.15, -0.1) is 15.3 Å². The van der Waals surface area contributed by atoms with Crippen molar-refractivity contribution in [3.05, 3.63) is 70.8 Å². The van der Waals surface area contributed by atoms with Crippen LogP contribution in [0.4, 0.5) is 11.5 Å². The van der Waals surface area contributed by atoms with Crippen LogP contribution in [0, 0.1) is 0 Å². The number of aromatic amines is 1. The van der Waals surface area contributed by atoms with Gasteiger partial charge in [-0.1, -0.05) is 45.4 Å². The molecule has 1 atom stereocenters. The normalized spacial score (nSPS) is 13.7. The third-order valence-electron chi connectivity index (χ3n) is 7.13. The number of hydrogen-bond acceptors (Lipinski definition) is 12. The Hall–Kier alpha value is -4.58. The number of aromatic carboxylic acids is 1. The number of fused-ring (bicyclic) bond motifs is 1. The first-order valence-corrected chi connectivity index (χ1v) is 18.9. The number of benzene rings is 2. The van der Waals surface area contributed by atoms with Gasteiger partial charge in [-0.05, 0) is 36.4 Å². The molecule has 0 aliphatic heterocycles. The maximum Gasteiger partial charge on any atom is 0.335 e. The van der Waals surface area contributed by atoms with Gasteiger partial charge in [0.25, 0.3) is 20.2 Å². The maximum atomic E-state index is 12.9. The molecule has 3 aromatic heterocycles. The van der Waals surface area contributed by atoms with E-state index in [1.807, 2.05) is 20.8 Å². The van der Waals surface area contributed by atoms with Crippen LogP contribution in [0.1, 0.15) is 55.5 Å². The summed E-state index contributed by atoms with van der Waals surface area (Å²) in [4.78, 5) is 14.1. The molecule has 0 saturated heterocycles. The maximum absolute atomic E-state index is 12.9. The number of aromatic nitrogens is 6. The summed E-state index contributed by atoms with van der Waals surface area (Å²) in [6.07, 6.45) is 1.07. The molecule has 1 unspecified atom stereocenters. The minimum atomic E-state index is -4.95. The number of nitrogens with one attached hydrogen (secondary N) is 2. The SMILES string of the molecule is CC(CNS(=O)(=O)c1cccc(C(=O)O)c1)c1nc2c(N=Nc3c(Cl)cnn3-c3cc(S(=O)(=O)O)ccc3S(=O)(=O)O)c(C(C)(C)C)[nH]n2n1. The van der Waals surface area contributed by atoms with E-state index in [4.69, 9.17) is 11.6 Å². The zero-order valence-electron chi connectivity index (χ0n) is 26.3. The standard InChI is InChI=1S/C27H28ClN9O10S3/c1-14(12-30-48(40,41)16-7-5-6-15(10-16)26(38)39)23-31-25-21(22(27(2,3)4)34-37(25)35-23)32-33-24-18(28)13-29-36(24)19-11-17(49(42,43)44)8-9-20(19)50(45,46)47/h5-11,13-14,30,34H,12H2,1-4H3,(H,38,39)(H,42,43,44)(H,45,46,47). The lowest BCUT2D eigenvalue weighted by molar-refractivity contribution is 0.0696. The van der Waals surface area contributed by atoms with Crippen LogP contribution in [0.3, 0.4) is 0 Å². The Bertz CT molecular complexity index is 2520. The van der Waals surface area contributed by atoms with Crippen LogP contribution in [-0.4, -0.2) is 81.6 Å². The summed E-state index contributed by atoms with van der Waals surface area (Å²) in [6.45, 7) is 7.05. The first-order valence-electron chi connectivity index (χ1n) is 14.1. The van der Waals surface area contributed by atoms with Crippen LogP contribution >= 0.6 is 11.6 Å². The lowest BCUT2D eigenvalue weighted by Gasteiger charge is -2.16. The molecule has 0 aliphatic carbocycles. The van der Waals surface area contributed by atoms with E-state index in [9.17, 15) is 44.3 Å². The zero-order chi connectivity index (χ0) is 37.0. The number of sulfonamides is 1. The van der Waals surface area contributed by atoms with Crippen molar-refractivity contribution in [3.8, 4) is 5.69 Å². The van der Waals surface area contributed by atoms with E-state index in [-0.39, 0.29) is 45.0 Å². The van der Waals surface area contributed by atoms with Crippen LogP contribution in [0.5, 0.6) is 0 Å². The third kappa shape index (κ3) is 7.45. The van der Waals surface area contributed by atoms with Crippen LogP contribution in [0.2, 0.25) is 5.02 Å². The summed E-state index contributed by atoms with van der Waals surface area (Å²) in [7, 11) is -13.9. The first-order chi connectivity index (χ1) is 23.1. The van der Waals surface area contributed by atoms with Crippen LogP contribution < -0.4 is 4.72 Å². The molecule has 0 aliphatic rings. The fourth-order valence-corrected chi connectivity index (χ4v) is 7.08. The molecule has 5 rings (SSSR count). The summed E-state index contributed by atoms with van der Waals surface area (Å²) >= 11 is 6.32. The molecule has 19 nitrogen and oxygen atoms in total. The van der Waals surface area contributed by atoms with Gasteiger partial charge in [0.1, 0.15) is 9.92 Å². The molecule has 0 amide bonds. The molecular formula is C27H28ClN9O10S3. The number of carbonyl (C=O) groups is 1. The number of carboxylic acids is 1.